The Labute approximate surface area is 100 Å². The predicted octanol–water partition coefficient (Wildman–Crippen LogP) is 3.05. The fourth-order valence-electron chi connectivity index (χ4n) is 1.56. The molecular formula is C12H18BrNO. The van der Waals surface area contributed by atoms with Crippen molar-refractivity contribution in [1.82, 2.24) is 0 Å². The van der Waals surface area contributed by atoms with Crippen LogP contribution in [0.4, 0.5) is 5.69 Å². The molecule has 0 unspecified atom stereocenters. The second kappa shape index (κ2) is 6.85. The lowest BCUT2D eigenvalue weighted by atomic mass is 10.2. The fraction of sp³-hybridized carbons (Fsp3) is 0.500. The summed E-state index contributed by atoms with van der Waals surface area (Å²) >= 11 is 3.51. The zero-order valence-corrected chi connectivity index (χ0v) is 11.0. The third kappa shape index (κ3) is 3.84. The Morgan fingerprint density at radius 3 is 2.73 bits per heavy atom. The molecule has 0 radical (unpaired) electrons. The lowest BCUT2D eigenvalue weighted by molar-refractivity contribution is 0.196. The van der Waals surface area contributed by atoms with E-state index in [0.29, 0.717) is 0 Å². The van der Waals surface area contributed by atoms with Gasteiger partial charge in [0, 0.05) is 38.3 Å². The van der Waals surface area contributed by atoms with Crippen LogP contribution >= 0.6 is 15.9 Å². The largest absolute Gasteiger partial charge is 0.385 e. The van der Waals surface area contributed by atoms with Gasteiger partial charge in [-0.25, -0.2) is 0 Å². The van der Waals surface area contributed by atoms with Crippen LogP contribution in [0, 0.1) is 0 Å². The van der Waals surface area contributed by atoms with Gasteiger partial charge in [-0.15, -0.1) is 0 Å². The van der Waals surface area contributed by atoms with Crippen LogP contribution in [0.15, 0.2) is 24.3 Å². The molecule has 84 valence electrons. The zero-order valence-electron chi connectivity index (χ0n) is 9.37. The third-order valence-corrected chi connectivity index (χ3v) is 2.99. The zero-order chi connectivity index (χ0) is 11.1. The first-order valence-corrected chi connectivity index (χ1v) is 6.25. The summed E-state index contributed by atoms with van der Waals surface area (Å²) in [6.07, 6.45) is 1.06. The summed E-state index contributed by atoms with van der Waals surface area (Å²) in [5, 5.41) is 0.901. The van der Waals surface area contributed by atoms with E-state index in [1.54, 1.807) is 7.11 Å². The number of ether oxygens (including phenoxy) is 1. The summed E-state index contributed by atoms with van der Waals surface area (Å²) in [5.74, 6) is 0. The molecule has 3 heteroatoms. The van der Waals surface area contributed by atoms with Gasteiger partial charge in [-0.3, -0.25) is 0 Å². The number of hydrogen-bond acceptors (Lipinski definition) is 2. The van der Waals surface area contributed by atoms with Crippen LogP contribution in [0.5, 0.6) is 0 Å². The minimum absolute atomic E-state index is 0.820. The highest BCUT2D eigenvalue weighted by Gasteiger charge is 2.04. The molecule has 0 spiro atoms. The second-order valence-electron chi connectivity index (χ2n) is 3.53. The standard InChI is InChI=1S/C12H18BrNO/c1-14(8-5-9-15-2)12-7-4-3-6-11(12)10-13/h3-4,6-7H,5,8-10H2,1-2H3. The molecule has 0 fully saturated rings. The Kier molecular flexibility index (Phi) is 5.73. The quantitative estimate of drug-likeness (QED) is 0.583. The van der Waals surface area contributed by atoms with Gasteiger partial charge in [-0.1, -0.05) is 34.1 Å². The van der Waals surface area contributed by atoms with Crippen molar-refractivity contribution < 1.29 is 4.74 Å². The maximum Gasteiger partial charge on any atom is 0.0479 e. The number of halogens is 1. The molecule has 0 saturated carbocycles. The van der Waals surface area contributed by atoms with Crippen LogP contribution in [0.25, 0.3) is 0 Å². The average molecular weight is 272 g/mol. The van der Waals surface area contributed by atoms with E-state index in [4.69, 9.17) is 4.74 Å². The number of hydrogen-bond donors (Lipinski definition) is 0. The highest BCUT2D eigenvalue weighted by atomic mass is 79.9. The van der Waals surface area contributed by atoms with Crippen LogP contribution in [0.3, 0.4) is 0 Å². The first-order chi connectivity index (χ1) is 7.29. The summed E-state index contributed by atoms with van der Waals surface area (Å²) in [6, 6.07) is 8.46. The van der Waals surface area contributed by atoms with Crippen LogP contribution < -0.4 is 4.90 Å². The Morgan fingerprint density at radius 2 is 2.07 bits per heavy atom. The van der Waals surface area contributed by atoms with Gasteiger partial charge in [0.15, 0.2) is 0 Å². The Balaban J connectivity index is 2.59. The van der Waals surface area contributed by atoms with Gasteiger partial charge in [-0.2, -0.15) is 0 Å². The molecule has 1 aromatic rings. The first kappa shape index (κ1) is 12.5. The van der Waals surface area contributed by atoms with Gasteiger partial charge in [0.1, 0.15) is 0 Å². The van der Waals surface area contributed by atoms with Crippen molar-refractivity contribution in [2.45, 2.75) is 11.8 Å². The summed E-state index contributed by atoms with van der Waals surface area (Å²) in [5.41, 5.74) is 2.63. The van der Waals surface area contributed by atoms with Crippen molar-refractivity contribution in [3.63, 3.8) is 0 Å². The SMILES string of the molecule is COCCCN(C)c1ccccc1CBr. The van der Waals surface area contributed by atoms with E-state index in [9.17, 15) is 0 Å². The molecule has 0 N–H and O–H groups in total. The van der Waals surface area contributed by atoms with Gasteiger partial charge in [0.25, 0.3) is 0 Å². The van der Waals surface area contributed by atoms with E-state index < -0.39 is 0 Å². The molecule has 15 heavy (non-hydrogen) atoms. The lowest BCUT2D eigenvalue weighted by Crippen LogP contribution is -2.20. The maximum absolute atomic E-state index is 5.05. The molecule has 0 aliphatic carbocycles. The summed E-state index contributed by atoms with van der Waals surface area (Å²) < 4.78 is 5.05. The molecule has 0 aromatic heterocycles. The molecule has 1 aromatic carbocycles. The van der Waals surface area contributed by atoms with Crippen LogP contribution in [0.1, 0.15) is 12.0 Å². The average Bonchev–Trinajstić information content (AvgIpc) is 2.29. The fourth-order valence-corrected chi connectivity index (χ4v) is 2.04. The number of rotatable bonds is 6. The smallest absolute Gasteiger partial charge is 0.0479 e. The first-order valence-electron chi connectivity index (χ1n) is 5.13. The number of alkyl halides is 1. The van der Waals surface area contributed by atoms with Crippen molar-refractivity contribution in [3.05, 3.63) is 29.8 Å². The molecule has 0 saturated heterocycles. The molecular weight excluding hydrogens is 254 g/mol. The second-order valence-corrected chi connectivity index (χ2v) is 4.09. The molecule has 1 rings (SSSR count). The van der Waals surface area contributed by atoms with E-state index in [0.717, 1.165) is 24.9 Å². The van der Waals surface area contributed by atoms with Crippen molar-refractivity contribution in [2.75, 3.05) is 32.2 Å². The number of para-hydroxylation sites is 1. The highest BCUT2D eigenvalue weighted by molar-refractivity contribution is 9.08. The predicted molar refractivity (Wildman–Crippen MR) is 68.8 cm³/mol. The Bertz CT molecular complexity index is 291. The van der Waals surface area contributed by atoms with E-state index >= 15 is 0 Å². The molecule has 2 nitrogen and oxygen atoms in total. The Hall–Kier alpha value is -0.540. The summed E-state index contributed by atoms with van der Waals surface area (Å²) in [7, 11) is 3.86. The van der Waals surface area contributed by atoms with Crippen molar-refractivity contribution in [3.8, 4) is 0 Å². The maximum atomic E-state index is 5.05. The minimum Gasteiger partial charge on any atom is -0.385 e. The topological polar surface area (TPSA) is 12.5 Å². The normalized spacial score (nSPS) is 10.3. The van der Waals surface area contributed by atoms with Crippen molar-refractivity contribution in [2.24, 2.45) is 0 Å². The number of methoxy groups -OCH3 is 1. The van der Waals surface area contributed by atoms with Gasteiger partial charge in [0.2, 0.25) is 0 Å². The molecule has 0 atom stereocenters. The van der Waals surface area contributed by atoms with Crippen LogP contribution in [-0.2, 0) is 10.1 Å². The van der Waals surface area contributed by atoms with Crippen LogP contribution in [0.2, 0.25) is 0 Å². The number of anilines is 1. The highest BCUT2D eigenvalue weighted by Crippen LogP contribution is 2.21. The van der Waals surface area contributed by atoms with Crippen LogP contribution in [-0.4, -0.2) is 27.3 Å². The number of benzene rings is 1. The Morgan fingerprint density at radius 1 is 1.33 bits per heavy atom. The van der Waals surface area contributed by atoms with Gasteiger partial charge in [-0.05, 0) is 18.1 Å². The molecule has 0 aliphatic rings. The number of nitrogens with zero attached hydrogens (tertiary/aromatic N) is 1. The van der Waals surface area contributed by atoms with E-state index in [1.165, 1.54) is 11.3 Å². The van der Waals surface area contributed by atoms with Gasteiger partial charge >= 0.3 is 0 Å². The summed E-state index contributed by atoms with van der Waals surface area (Å²) in [4.78, 5) is 2.27. The van der Waals surface area contributed by atoms with Crippen molar-refractivity contribution >= 4 is 21.6 Å². The lowest BCUT2D eigenvalue weighted by Gasteiger charge is -2.21. The third-order valence-electron chi connectivity index (χ3n) is 2.39. The molecule has 0 bridgehead atoms. The van der Waals surface area contributed by atoms with Gasteiger partial charge in [0.05, 0.1) is 0 Å². The van der Waals surface area contributed by atoms with E-state index in [2.05, 4.69) is 52.1 Å². The van der Waals surface area contributed by atoms with E-state index in [-0.39, 0.29) is 0 Å². The minimum atomic E-state index is 0.820. The van der Waals surface area contributed by atoms with E-state index in [1.807, 2.05) is 0 Å². The van der Waals surface area contributed by atoms with Crippen molar-refractivity contribution in [1.29, 1.82) is 0 Å². The molecule has 0 heterocycles. The molecule has 0 aliphatic heterocycles. The summed E-state index contributed by atoms with van der Waals surface area (Å²) in [6.45, 7) is 1.85. The molecule has 0 amide bonds. The monoisotopic (exact) mass is 271 g/mol. The van der Waals surface area contributed by atoms with Gasteiger partial charge < -0.3 is 9.64 Å².